The molecular formula is C20H22N4O3. The van der Waals surface area contributed by atoms with Crippen LogP contribution < -0.4 is 5.32 Å². The zero-order valence-corrected chi connectivity index (χ0v) is 15.3. The number of carboxylic acid groups (broad SMARTS) is 1. The van der Waals surface area contributed by atoms with E-state index in [0.29, 0.717) is 35.3 Å². The molecule has 3 aromatic rings. The fourth-order valence-electron chi connectivity index (χ4n) is 2.94. The molecule has 140 valence electrons. The van der Waals surface area contributed by atoms with Gasteiger partial charge in [-0.05, 0) is 26.3 Å². The molecule has 0 radical (unpaired) electrons. The van der Waals surface area contributed by atoms with E-state index in [9.17, 15) is 9.59 Å². The number of nitrogens with zero attached hydrogens (tertiary/aromatic N) is 3. The number of hydrogen-bond acceptors (Lipinski definition) is 4. The summed E-state index contributed by atoms with van der Waals surface area (Å²) < 4.78 is 1.76. The minimum absolute atomic E-state index is 0.0102. The molecule has 2 heterocycles. The largest absolute Gasteiger partial charge is 0.481 e. The van der Waals surface area contributed by atoms with E-state index in [1.54, 1.807) is 23.9 Å². The summed E-state index contributed by atoms with van der Waals surface area (Å²) in [5.74, 6) is -1.13. The highest BCUT2D eigenvalue weighted by Crippen LogP contribution is 2.25. The van der Waals surface area contributed by atoms with Gasteiger partial charge in [0.2, 0.25) is 0 Å². The first kappa shape index (κ1) is 18.6. The normalized spacial score (nSPS) is 12.1. The lowest BCUT2D eigenvalue weighted by atomic mass is 10.1. The van der Waals surface area contributed by atoms with Crippen molar-refractivity contribution in [1.29, 1.82) is 0 Å². The lowest BCUT2D eigenvalue weighted by Crippen LogP contribution is -2.33. The second-order valence-corrected chi connectivity index (χ2v) is 6.43. The van der Waals surface area contributed by atoms with Gasteiger partial charge in [0.15, 0.2) is 5.65 Å². The van der Waals surface area contributed by atoms with Gasteiger partial charge in [0.05, 0.1) is 22.8 Å². The molecule has 0 bridgehead atoms. The van der Waals surface area contributed by atoms with Crippen LogP contribution >= 0.6 is 0 Å². The van der Waals surface area contributed by atoms with Crippen LogP contribution in [0.15, 0.2) is 42.6 Å². The Hall–Kier alpha value is -3.22. The summed E-state index contributed by atoms with van der Waals surface area (Å²) in [5.41, 5.74) is 2.75. The number of nitrogens with one attached hydrogen (secondary N) is 1. The van der Waals surface area contributed by atoms with Gasteiger partial charge in [-0.25, -0.2) is 9.67 Å². The van der Waals surface area contributed by atoms with Gasteiger partial charge < -0.3 is 10.4 Å². The molecule has 1 unspecified atom stereocenters. The van der Waals surface area contributed by atoms with Crippen molar-refractivity contribution in [3.05, 3.63) is 48.2 Å². The van der Waals surface area contributed by atoms with Gasteiger partial charge in [-0.1, -0.05) is 30.3 Å². The number of carboxylic acids is 1. The number of aromatic nitrogens is 3. The van der Waals surface area contributed by atoms with Crippen molar-refractivity contribution in [2.24, 2.45) is 0 Å². The smallest absolute Gasteiger partial charge is 0.303 e. The molecule has 0 aliphatic carbocycles. The number of benzene rings is 1. The molecule has 27 heavy (non-hydrogen) atoms. The van der Waals surface area contributed by atoms with Crippen molar-refractivity contribution < 1.29 is 14.7 Å². The summed E-state index contributed by atoms with van der Waals surface area (Å²) in [6.45, 7) is 4.41. The van der Waals surface area contributed by atoms with Gasteiger partial charge in [-0.15, -0.1) is 0 Å². The number of aryl methyl sites for hydroxylation is 1. The van der Waals surface area contributed by atoms with Crippen LogP contribution in [-0.2, 0) is 11.3 Å². The molecule has 1 aromatic carbocycles. The van der Waals surface area contributed by atoms with E-state index >= 15 is 0 Å². The average Bonchev–Trinajstić information content (AvgIpc) is 3.09. The van der Waals surface area contributed by atoms with Crippen molar-refractivity contribution in [3.63, 3.8) is 0 Å². The molecule has 3 rings (SSSR count). The molecule has 7 nitrogen and oxygen atoms in total. The number of rotatable bonds is 7. The molecule has 0 fully saturated rings. The van der Waals surface area contributed by atoms with Crippen molar-refractivity contribution in [2.75, 3.05) is 0 Å². The highest BCUT2D eigenvalue weighted by atomic mass is 16.4. The van der Waals surface area contributed by atoms with Gasteiger partial charge in [0.25, 0.3) is 5.91 Å². The maximum absolute atomic E-state index is 12.9. The Morgan fingerprint density at radius 2 is 2.00 bits per heavy atom. The zero-order chi connectivity index (χ0) is 19.4. The predicted molar refractivity (Wildman–Crippen MR) is 102 cm³/mol. The molecule has 0 aliphatic heterocycles. The van der Waals surface area contributed by atoms with E-state index in [2.05, 4.69) is 10.4 Å². The van der Waals surface area contributed by atoms with E-state index in [-0.39, 0.29) is 18.4 Å². The van der Waals surface area contributed by atoms with E-state index in [1.165, 1.54) is 0 Å². The average molecular weight is 366 g/mol. The molecule has 1 atom stereocenters. The van der Waals surface area contributed by atoms with Crippen LogP contribution in [0.1, 0.15) is 37.0 Å². The number of pyridine rings is 1. The Morgan fingerprint density at radius 1 is 1.26 bits per heavy atom. The number of carbonyl (C=O) groups excluding carboxylic acids is 1. The van der Waals surface area contributed by atoms with Gasteiger partial charge in [-0.3, -0.25) is 9.59 Å². The lowest BCUT2D eigenvalue weighted by Gasteiger charge is -2.14. The molecule has 7 heteroatoms. The van der Waals surface area contributed by atoms with E-state index in [1.807, 2.05) is 37.3 Å². The Bertz CT molecular complexity index is 966. The standard InChI is InChI=1S/C20H22N4O3/c1-3-24-19-16(12-21-24)15(20(27)22-13(2)9-10-18(25)26)11-17(23-19)14-7-5-4-6-8-14/h4-8,11-13H,3,9-10H2,1-2H3,(H,22,27)(H,25,26). The molecule has 2 N–H and O–H groups in total. The number of hydrogen-bond donors (Lipinski definition) is 2. The molecule has 1 amide bonds. The predicted octanol–water partition coefficient (Wildman–Crippen LogP) is 3.10. The van der Waals surface area contributed by atoms with Crippen molar-refractivity contribution in [3.8, 4) is 11.3 Å². The second-order valence-electron chi connectivity index (χ2n) is 6.43. The Balaban J connectivity index is 1.99. The summed E-state index contributed by atoms with van der Waals surface area (Å²) in [7, 11) is 0. The van der Waals surface area contributed by atoms with Crippen LogP contribution in [0.5, 0.6) is 0 Å². The third-order valence-corrected chi connectivity index (χ3v) is 4.39. The fraction of sp³-hybridized carbons (Fsp3) is 0.300. The summed E-state index contributed by atoms with van der Waals surface area (Å²) >= 11 is 0. The highest BCUT2D eigenvalue weighted by Gasteiger charge is 2.18. The van der Waals surface area contributed by atoms with Crippen LogP contribution in [0, 0.1) is 0 Å². The molecule has 0 saturated heterocycles. The molecule has 2 aromatic heterocycles. The maximum atomic E-state index is 12.9. The SMILES string of the molecule is CCn1ncc2c(C(=O)NC(C)CCC(=O)O)cc(-c3ccccc3)nc21. The van der Waals surface area contributed by atoms with Gasteiger partial charge >= 0.3 is 5.97 Å². The van der Waals surface area contributed by atoms with Crippen molar-refractivity contribution in [2.45, 2.75) is 39.3 Å². The quantitative estimate of drug-likeness (QED) is 0.670. The molecule has 0 spiro atoms. The van der Waals surface area contributed by atoms with Gasteiger partial charge in [0, 0.05) is 24.6 Å². The first-order valence-electron chi connectivity index (χ1n) is 8.94. The highest BCUT2D eigenvalue weighted by molar-refractivity contribution is 6.06. The van der Waals surface area contributed by atoms with Crippen LogP contribution in [-0.4, -0.2) is 37.8 Å². The van der Waals surface area contributed by atoms with Gasteiger partial charge in [-0.2, -0.15) is 5.10 Å². The minimum Gasteiger partial charge on any atom is -0.481 e. The van der Waals surface area contributed by atoms with Gasteiger partial charge in [0.1, 0.15) is 0 Å². The maximum Gasteiger partial charge on any atom is 0.303 e. The topological polar surface area (TPSA) is 97.1 Å². The lowest BCUT2D eigenvalue weighted by molar-refractivity contribution is -0.137. The molecule has 0 saturated carbocycles. The first-order chi connectivity index (χ1) is 13.0. The zero-order valence-electron chi connectivity index (χ0n) is 15.3. The van der Waals surface area contributed by atoms with E-state index in [0.717, 1.165) is 5.56 Å². The van der Waals surface area contributed by atoms with Crippen molar-refractivity contribution in [1.82, 2.24) is 20.1 Å². The summed E-state index contributed by atoms with van der Waals surface area (Å²) in [4.78, 5) is 28.3. The number of amides is 1. The third-order valence-electron chi connectivity index (χ3n) is 4.39. The monoisotopic (exact) mass is 366 g/mol. The van der Waals surface area contributed by atoms with E-state index in [4.69, 9.17) is 10.1 Å². The molecule has 0 aliphatic rings. The number of carbonyl (C=O) groups is 2. The van der Waals surface area contributed by atoms with Crippen LogP contribution in [0.2, 0.25) is 0 Å². The summed E-state index contributed by atoms with van der Waals surface area (Å²) in [5, 5.41) is 16.7. The summed E-state index contributed by atoms with van der Waals surface area (Å²) in [6, 6.07) is 11.2. The van der Waals surface area contributed by atoms with Crippen LogP contribution in [0.3, 0.4) is 0 Å². The van der Waals surface area contributed by atoms with Crippen LogP contribution in [0.4, 0.5) is 0 Å². The second kappa shape index (κ2) is 7.99. The number of fused-ring (bicyclic) bond motifs is 1. The summed E-state index contributed by atoms with van der Waals surface area (Å²) in [6.07, 6.45) is 2.03. The Kier molecular flexibility index (Phi) is 5.49. The number of aliphatic carboxylic acids is 1. The van der Waals surface area contributed by atoms with Crippen molar-refractivity contribution >= 4 is 22.9 Å². The van der Waals surface area contributed by atoms with E-state index < -0.39 is 5.97 Å². The van der Waals surface area contributed by atoms with Crippen LogP contribution in [0.25, 0.3) is 22.3 Å². The third kappa shape index (κ3) is 4.13. The first-order valence-corrected chi connectivity index (χ1v) is 8.94. The fourth-order valence-corrected chi connectivity index (χ4v) is 2.94. The minimum atomic E-state index is -0.877. The molecular weight excluding hydrogens is 344 g/mol. The Labute approximate surface area is 157 Å². The Morgan fingerprint density at radius 3 is 2.67 bits per heavy atom.